The normalized spacial score (nSPS) is 14.3. The predicted molar refractivity (Wildman–Crippen MR) is 142 cm³/mol. The minimum atomic E-state index is -0.264. The first kappa shape index (κ1) is 25.5. The number of carbonyl (C=O) groups is 1. The summed E-state index contributed by atoms with van der Waals surface area (Å²) >= 11 is 1.57. The molecule has 1 saturated heterocycles. The highest BCUT2D eigenvalue weighted by atomic mass is 32.1. The molecule has 0 bridgehead atoms. The Morgan fingerprint density at radius 3 is 2.65 bits per heavy atom. The van der Waals surface area contributed by atoms with Gasteiger partial charge in [-0.25, -0.2) is 9.37 Å². The maximum absolute atomic E-state index is 13.3. The van der Waals surface area contributed by atoms with E-state index in [1.165, 1.54) is 12.1 Å². The fraction of sp³-hybridized carbons (Fsp3) is 0.357. The summed E-state index contributed by atoms with van der Waals surface area (Å²) in [6, 6.07) is 16.3. The van der Waals surface area contributed by atoms with Crippen LogP contribution in [0.4, 0.5) is 4.39 Å². The Bertz CT molecular complexity index is 1290. The molecule has 194 valence electrons. The van der Waals surface area contributed by atoms with Crippen molar-refractivity contribution in [1.82, 2.24) is 19.2 Å². The number of hydrogen-bond donors (Lipinski definition) is 0. The van der Waals surface area contributed by atoms with Gasteiger partial charge < -0.3 is 14.4 Å². The van der Waals surface area contributed by atoms with Crippen molar-refractivity contribution in [2.24, 2.45) is 0 Å². The van der Waals surface area contributed by atoms with E-state index >= 15 is 0 Å². The van der Waals surface area contributed by atoms with Crippen LogP contribution in [0, 0.1) is 5.82 Å². The zero-order valence-electron chi connectivity index (χ0n) is 20.7. The second-order valence-corrected chi connectivity index (χ2v) is 9.91. The number of ether oxygens (including phenoxy) is 2. The van der Waals surface area contributed by atoms with E-state index in [0.717, 1.165) is 60.3 Å². The summed E-state index contributed by atoms with van der Waals surface area (Å²) in [6.45, 7) is 5.76. The van der Waals surface area contributed by atoms with Crippen molar-refractivity contribution >= 4 is 22.2 Å². The molecule has 1 aliphatic heterocycles. The Balaban J connectivity index is 1.23. The molecule has 3 heterocycles. The molecule has 1 fully saturated rings. The Labute approximate surface area is 220 Å². The Hall–Kier alpha value is -3.11. The molecule has 0 spiro atoms. The molecule has 2 aromatic carbocycles. The van der Waals surface area contributed by atoms with Gasteiger partial charge in [0.15, 0.2) is 4.96 Å². The van der Waals surface area contributed by atoms with E-state index in [1.807, 2.05) is 41.4 Å². The first-order valence-corrected chi connectivity index (χ1v) is 13.4. The van der Waals surface area contributed by atoms with Gasteiger partial charge >= 0.3 is 0 Å². The molecule has 0 aliphatic carbocycles. The van der Waals surface area contributed by atoms with Crippen LogP contribution >= 0.6 is 11.3 Å². The van der Waals surface area contributed by atoms with Gasteiger partial charge in [0.05, 0.1) is 25.5 Å². The van der Waals surface area contributed by atoms with Crippen molar-refractivity contribution < 1.29 is 18.7 Å². The summed E-state index contributed by atoms with van der Waals surface area (Å²) in [4.78, 5) is 23.0. The third-order valence-electron chi connectivity index (χ3n) is 6.54. The summed E-state index contributed by atoms with van der Waals surface area (Å²) in [6.07, 6.45) is 2.68. The molecular formula is C28H31FN4O3S. The van der Waals surface area contributed by atoms with Crippen LogP contribution < -0.4 is 0 Å². The maximum atomic E-state index is 13.3. The molecule has 0 saturated carbocycles. The molecule has 2 aromatic heterocycles. The second kappa shape index (κ2) is 12.4. The summed E-state index contributed by atoms with van der Waals surface area (Å²) in [5.41, 5.74) is 3.83. The van der Waals surface area contributed by atoms with Crippen molar-refractivity contribution in [1.29, 1.82) is 0 Å². The van der Waals surface area contributed by atoms with Gasteiger partial charge in [-0.15, -0.1) is 11.3 Å². The molecule has 0 N–H and O–H groups in total. The molecule has 9 heteroatoms. The van der Waals surface area contributed by atoms with Crippen LogP contribution in [0.1, 0.15) is 11.3 Å². The van der Waals surface area contributed by atoms with Crippen molar-refractivity contribution in [2.45, 2.75) is 13.0 Å². The van der Waals surface area contributed by atoms with Crippen molar-refractivity contribution in [3.63, 3.8) is 0 Å². The van der Waals surface area contributed by atoms with Crippen LogP contribution in [-0.2, 0) is 27.3 Å². The number of morpholine rings is 1. The number of hydrogen-bond acceptors (Lipinski definition) is 6. The zero-order chi connectivity index (χ0) is 25.5. The lowest BCUT2D eigenvalue weighted by Crippen LogP contribution is -2.44. The largest absolute Gasteiger partial charge is 0.379 e. The van der Waals surface area contributed by atoms with Gasteiger partial charge in [0, 0.05) is 62.0 Å². The summed E-state index contributed by atoms with van der Waals surface area (Å²) in [5.74, 6) is -0.270. The van der Waals surface area contributed by atoms with Crippen LogP contribution in [0.5, 0.6) is 0 Å². The van der Waals surface area contributed by atoms with Gasteiger partial charge in [0.1, 0.15) is 12.4 Å². The highest BCUT2D eigenvalue weighted by molar-refractivity contribution is 7.15. The van der Waals surface area contributed by atoms with E-state index in [2.05, 4.69) is 14.7 Å². The van der Waals surface area contributed by atoms with Gasteiger partial charge in [-0.2, -0.15) is 0 Å². The summed E-state index contributed by atoms with van der Waals surface area (Å²) in [7, 11) is 0. The quantitative estimate of drug-likeness (QED) is 0.297. The lowest BCUT2D eigenvalue weighted by Gasteiger charge is -2.30. The molecule has 1 aliphatic rings. The van der Waals surface area contributed by atoms with Crippen LogP contribution in [0.25, 0.3) is 16.2 Å². The molecule has 0 atom stereocenters. The Morgan fingerprint density at radius 2 is 1.86 bits per heavy atom. The second-order valence-electron chi connectivity index (χ2n) is 9.08. The first-order valence-electron chi connectivity index (χ1n) is 12.6. The number of imidazole rings is 1. The van der Waals surface area contributed by atoms with Gasteiger partial charge in [-0.1, -0.05) is 30.3 Å². The smallest absolute Gasteiger partial charge is 0.248 e. The minimum Gasteiger partial charge on any atom is -0.379 e. The number of thiazole rings is 1. The summed E-state index contributed by atoms with van der Waals surface area (Å²) < 4.78 is 26.6. The van der Waals surface area contributed by atoms with Crippen LogP contribution in [0.3, 0.4) is 0 Å². The fourth-order valence-corrected chi connectivity index (χ4v) is 5.30. The number of carbonyl (C=O) groups excluding carboxylic acids is 1. The lowest BCUT2D eigenvalue weighted by molar-refractivity contribution is -0.136. The van der Waals surface area contributed by atoms with Crippen molar-refractivity contribution in [3.05, 3.63) is 83.2 Å². The van der Waals surface area contributed by atoms with Crippen LogP contribution in [0.15, 0.2) is 66.2 Å². The van der Waals surface area contributed by atoms with Gasteiger partial charge in [0.2, 0.25) is 5.91 Å². The number of nitrogens with zero attached hydrogens (tertiary/aromatic N) is 4. The zero-order valence-corrected chi connectivity index (χ0v) is 21.5. The topological polar surface area (TPSA) is 59.3 Å². The van der Waals surface area contributed by atoms with E-state index in [9.17, 15) is 9.18 Å². The molecule has 5 rings (SSSR count). The third-order valence-corrected chi connectivity index (χ3v) is 7.43. The number of amides is 1. The van der Waals surface area contributed by atoms with Crippen molar-refractivity contribution in [3.8, 4) is 11.3 Å². The summed E-state index contributed by atoms with van der Waals surface area (Å²) in [5, 5.41) is 2.09. The van der Waals surface area contributed by atoms with E-state index in [1.54, 1.807) is 23.5 Å². The molecule has 7 nitrogen and oxygen atoms in total. The molecular weight excluding hydrogens is 491 g/mol. The number of benzene rings is 2. The highest BCUT2D eigenvalue weighted by Crippen LogP contribution is 2.24. The molecule has 0 unspecified atom stereocenters. The SMILES string of the molecule is O=C(COCc1ccccc1)N(CCc1csc2nc(-c3ccc(F)cc3)cn12)CCN1CCOCC1. The average molecular weight is 523 g/mol. The van der Waals surface area contributed by atoms with Crippen LogP contribution in [0.2, 0.25) is 0 Å². The number of fused-ring (bicyclic) bond motifs is 1. The minimum absolute atomic E-state index is 0.00621. The molecule has 1 amide bonds. The predicted octanol–water partition coefficient (Wildman–Crippen LogP) is 4.12. The van der Waals surface area contributed by atoms with E-state index in [4.69, 9.17) is 14.5 Å². The first-order chi connectivity index (χ1) is 18.2. The highest BCUT2D eigenvalue weighted by Gasteiger charge is 2.18. The van der Waals surface area contributed by atoms with Crippen LogP contribution in [-0.4, -0.2) is 77.6 Å². The monoisotopic (exact) mass is 522 g/mol. The van der Waals surface area contributed by atoms with E-state index in [-0.39, 0.29) is 18.3 Å². The molecule has 37 heavy (non-hydrogen) atoms. The van der Waals surface area contributed by atoms with Crippen molar-refractivity contribution in [2.75, 3.05) is 52.5 Å². The Morgan fingerprint density at radius 1 is 1.08 bits per heavy atom. The average Bonchev–Trinajstić information content (AvgIpc) is 3.52. The molecule has 4 aromatic rings. The maximum Gasteiger partial charge on any atom is 0.248 e. The number of halogens is 1. The number of rotatable bonds is 11. The van der Waals surface area contributed by atoms with Gasteiger partial charge in [-0.05, 0) is 29.8 Å². The standard InChI is InChI=1S/C28H31FN4O3S/c29-24-8-6-23(7-9-24)26-18-33-25(21-37-28(33)30-26)10-11-32(13-12-31-14-16-35-17-15-31)27(34)20-36-19-22-4-2-1-3-5-22/h1-9,18,21H,10-17,19-20H2. The van der Waals surface area contributed by atoms with Gasteiger partial charge in [0.25, 0.3) is 0 Å². The fourth-order valence-electron chi connectivity index (χ4n) is 4.39. The van der Waals surface area contributed by atoms with E-state index in [0.29, 0.717) is 26.1 Å². The van der Waals surface area contributed by atoms with E-state index < -0.39 is 0 Å². The van der Waals surface area contributed by atoms with Gasteiger partial charge in [-0.3, -0.25) is 14.1 Å². The Kier molecular flexibility index (Phi) is 8.57. The third kappa shape index (κ3) is 6.81. The lowest BCUT2D eigenvalue weighted by atomic mass is 10.2. The number of aromatic nitrogens is 2. The molecule has 0 radical (unpaired) electrons.